The predicted octanol–water partition coefficient (Wildman–Crippen LogP) is 6.35. The largest absolute Gasteiger partial charge is 0.275 e. The number of hydrogen-bond acceptors (Lipinski definition) is 5. The highest BCUT2D eigenvalue weighted by Gasteiger charge is 2.63. The Kier molecular flexibility index (Phi) is 6.15. The summed E-state index contributed by atoms with van der Waals surface area (Å²) in [6, 6.07) is 25.8. The van der Waals surface area contributed by atoms with Crippen molar-refractivity contribution in [3.8, 4) is 0 Å². The van der Waals surface area contributed by atoms with E-state index >= 15 is 0 Å². The molecule has 0 spiro atoms. The first-order valence-electron chi connectivity index (χ1n) is 13.3. The van der Waals surface area contributed by atoms with Crippen molar-refractivity contribution in [1.82, 2.24) is 10.0 Å². The summed E-state index contributed by atoms with van der Waals surface area (Å²) in [4.78, 5) is 54.1. The quantitative estimate of drug-likeness (QED) is 0.151. The second kappa shape index (κ2) is 9.79. The van der Waals surface area contributed by atoms with Gasteiger partial charge >= 0.3 is 0 Å². The van der Waals surface area contributed by atoms with Crippen molar-refractivity contribution in [3.05, 3.63) is 145 Å². The van der Waals surface area contributed by atoms with Crippen LogP contribution in [0, 0.1) is 22.0 Å². The van der Waals surface area contributed by atoms with Crippen LogP contribution in [0.3, 0.4) is 0 Å². The summed E-state index contributed by atoms with van der Waals surface area (Å²) in [5, 5.41) is 14.4. The van der Waals surface area contributed by atoms with Gasteiger partial charge in [0.05, 0.1) is 28.9 Å². The Balaban J connectivity index is 1.36. The molecule has 0 aromatic heterocycles. The van der Waals surface area contributed by atoms with Crippen molar-refractivity contribution in [2.45, 2.75) is 18.4 Å². The number of nitro groups is 1. The minimum absolute atomic E-state index is 0.122. The Morgan fingerprint density at radius 2 is 1.24 bits per heavy atom. The smallest absolute Gasteiger partial charge is 0.272 e. The molecule has 0 radical (unpaired) electrons. The van der Waals surface area contributed by atoms with Crippen LogP contribution in [0.2, 0.25) is 10.0 Å². The monoisotopic (exact) mass is 597 g/mol. The normalized spacial score (nSPS) is 21.5. The van der Waals surface area contributed by atoms with E-state index in [2.05, 4.69) is 0 Å². The van der Waals surface area contributed by atoms with E-state index in [0.29, 0.717) is 5.02 Å². The molecular weight excluding hydrogens is 577 g/mol. The first-order valence-corrected chi connectivity index (χ1v) is 14.1. The molecule has 3 aliphatic carbocycles. The molecule has 1 saturated heterocycles. The molecule has 2 bridgehead atoms. The number of imide groups is 1. The standard InChI is InChI=1S/C32H21Cl2N3O5/c33-19-12-9-17(10-13-19)30(38)35(16-18-11-14-20(34)15-25(18)37(41)42)36-31(39)28-26-21-5-1-2-6-22(21)27(29(28)32(36)40)24-8-4-3-7-23(24)26/h1-15,26-29H,16H2/t26?,27?,28-,29+. The lowest BCUT2D eigenvalue weighted by molar-refractivity contribution is -0.385. The molecule has 0 N–H and O–H groups in total. The summed E-state index contributed by atoms with van der Waals surface area (Å²) < 4.78 is 0. The van der Waals surface area contributed by atoms with Gasteiger partial charge in [0.1, 0.15) is 0 Å². The number of nitro benzene ring substituents is 1. The third kappa shape index (κ3) is 3.86. The number of benzene rings is 4. The molecule has 1 heterocycles. The average molecular weight is 598 g/mol. The number of hydrazine groups is 1. The summed E-state index contributed by atoms with van der Waals surface area (Å²) in [7, 11) is 0. The Bertz CT molecular complexity index is 1710. The van der Waals surface area contributed by atoms with E-state index in [1.807, 2.05) is 48.5 Å². The summed E-state index contributed by atoms with van der Waals surface area (Å²) in [5.74, 6) is -3.89. The summed E-state index contributed by atoms with van der Waals surface area (Å²) >= 11 is 12.1. The molecule has 4 aromatic carbocycles. The zero-order valence-corrected chi connectivity index (χ0v) is 23.3. The maximum Gasteiger partial charge on any atom is 0.275 e. The first kappa shape index (κ1) is 26.4. The Morgan fingerprint density at radius 1 is 0.762 bits per heavy atom. The molecular formula is C32H21Cl2N3O5. The van der Waals surface area contributed by atoms with Crippen LogP contribution in [-0.2, 0) is 16.1 Å². The van der Waals surface area contributed by atoms with E-state index in [9.17, 15) is 24.5 Å². The van der Waals surface area contributed by atoms with Crippen LogP contribution in [0.4, 0.5) is 5.69 Å². The average Bonchev–Trinajstić information content (AvgIpc) is 3.26. The van der Waals surface area contributed by atoms with Crippen LogP contribution >= 0.6 is 23.2 Å². The molecule has 8 nitrogen and oxygen atoms in total. The van der Waals surface area contributed by atoms with E-state index in [1.54, 1.807) is 0 Å². The van der Waals surface area contributed by atoms with Crippen LogP contribution in [-0.4, -0.2) is 32.7 Å². The fourth-order valence-corrected chi connectivity index (χ4v) is 7.17. The van der Waals surface area contributed by atoms with Crippen LogP contribution in [0.25, 0.3) is 0 Å². The van der Waals surface area contributed by atoms with Gasteiger partial charge in [-0.25, -0.2) is 5.01 Å². The Hall–Kier alpha value is -4.53. The maximum absolute atomic E-state index is 14.4. The van der Waals surface area contributed by atoms with Gasteiger partial charge in [0, 0.05) is 33.5 Å². The van der Waals surface area contributed by atoms with Gasteiger partial charge in [-0.3, -0.25) is 24.5 Å². The lowest BCUT2D eigenvalue weighted by Crippen LogP contribution is -2.50. The van der Waals surface area contributed by atoms with Crippen LogP contribution < -0.4 is 0 Å². The van der Waals surface area contributed by atoms with Crippen molar-refractivity contribution < 1.29 is 19.3 Å². The summed E-state index contributed by atoms with van der Waals surface area (Å²) in [6.07, 6.45) is 0. The Labute approximate surface area is 250 Å². The first-order chi connectivity index (χ1) is 20.3. The molecule has 0 unspecified atom stereocenters. The SMILES string of the molecule is O=C(c1ccc(Cl)cc1)N(Cc1ccc(Cl)cc1[N+](=O)[O-])N1C(=O)[C@@H]2C3c4ccccc4C(c4ccccc43)[C@@H]2C1=O. The van der Waals surface area contributed by atoms with Gasteiger partial charge in [-0.15, -0.1) is 0 Å². The summed E-state index contributed by atoms with van der Waals surface area (Å²) in [6.45, 7) is -0.402. The second-order valence-corrected chi connectivity index (χ2v) is 11.5. The number of carbonyl (C=O) groups is 3. The van der Waals surface area contributed by atoms with Gasteiger partial charge in [0.15, 0.2) is 0 Å². The molecule has 208 valence electrons. The molecule has 10 heteroatoms. The lowest BCUT2D eigenvalue weighted by atomic mass is 9.55. The highest BCUT2D eigenvalue weighted by atomic mass is 35.5. The number of carbonyl (C=O) groups excluding carboxylic acids is 3. The fourth-order valence-electron chi connectivity index (χ4n) is 6.88. The van der Waals surface area contributed by atoms with Gasteiger partial charge in [0.2, 0.25) is 0 Å². The maximum atomic E-state index is 14.4. The number of hydrogen-bond donors (Lipinski definition) is 0. The molecule has 4 aromatic rings. The van der Waals surface area contributed by atoms with Gasteiger partial charge in [-0.1, -0.05) is 71.7 Å². The fraction of sp³-hybridized carbons (Fsp3) is 0.156. The number of halogens is 2. The van der Waals surface area contributed by atoms with E-state index in [4.69, 9.17) is 23.2 Å². The minimum atomic E-state index is -0.729. The van der Waals surface area contributed by atoms with Gasteiger partial charge in [-0.2, -0.15) is 5.01 Å². The number of rotatable bonds is 5. The van der Waals surface area contributed by atoms with E-state index < -0.39 is 41.0 Å². The van der Waals surface area contributed by atoms with Crippen LogP contribution in [0.15, 0.2) is 91.0 Å². The van der Waals surface area contributed by atoms with Crippen molar-refractivity contribution in [2.75, 3.05) is 0 Å². The van der Waals surface area contributed by atoms with E-state index in [1.165, 1.54) is 42.5 Å². The van der Waals surface area contributed by atoms with Gasteiger partial charge in [-0.05, 0) is 58.7 Å². The molecule has 2 atom stereocenters. The molecule has 4 aliphatic rings. The number of amides is 3. The molecule has 3 amide bonds. The lowest BCUT2D eigenvalue weighted by Gasteiger charge is -2.45. The zero-order chi connectivity index (χ0) is 29.3. The van der Waals surface area contributed by atoms with Crippen LogP contribution in [0.5, 0.6) is 0 Å². The third-order valence-electron chi connectivity index (χ3n) is 8.56. The topological polar surface area (TPSA) is 101 Å². The summed E-state index contributed by atoms with van der Waals surface area (Å²) in [5.41, 5.74) is 3.94. The number of nitrogens with zero attached hydrogens (tertiary/aromatic N) is 3. The Morgan fingerprint density at radius 3 is 1.71 bits per heavy atom. The van der Waals surface area contributed by atoms with E-state index in [0.717, 1.165) is 32.3 Å². The molecule has 8 rings (SSSR count). The highest BCUT2D eigenvalue weighted by molar-refractivity contribution is 6.31. The molecule has 1 aliphatic heterocycles. The third-order valence-corrected chi connectivity index (χ3v) is 9.04. The highest BCUT2D eigenvalue weighted by Crippen LogP contribution is 2.61. The molecule has 0 saturated carbocycles. The van der Waals surface area contributed by atoms with Crippen molar-refractivity contribution in [2.24, 2.45) is 11.8 Å². The predicted molar refractivity (Wildman–Crippen MR) is 155 cm³/mol. The minimum Gasteiger partial charge on any atom is -0.272 e. The van der Waals surface area contributed by atoms with Crippen molar-refractivity contribution >= 4 is 46.6 Å². The zero-order valence-electron chi connectivity index (χ0n) is 21.8. The van der Waals surface area contributed by atoms with Crippen molar-refractivity contribution in [1.29, 1.82) is 0 Å². The van der Waals surface area contributed by atoms with Gasteiger partial charge in [0.25, 0.3) is 23.4 Å². The van der Waals surface area contributed by atoms with Crippen LogP contribution in [0.1, 0.15) is 50.0 Å². The van der Waals surface area contributed by atoms with Gasteiger partial charge < -0.3 is 0 Å². The van der Waals surface area contributed by atoms with E-state index in [-0.39, 0.29) is 33.7 Å². The molecule has 42 heavy (non-hydrogen) atoms. The van der Waals surface area contributed by atoms with Crippen molar-refractivity contribution in [3.63, 3.8) is 0 Å². The second-order valence-electron chi connectivity index (χ2n) is 10.7. The molecule has 1 fully saturated rings.